The van der Waals surface area contributed by atoms with Crippen LogP contribution in [0.2, 0.25) is 25.2 Å². The van der Waals surface area contributed by atoms with Crippen LogP contribution in [-0.4, -0.2) is 81.4 Å². The highest BCUT2D eigenvalue weighted by Gasteiger charge is 2.30. The molecule has 0 N–H and O–H groups in total. The van der Waals surface area contributed by atoms with Crippen molar-refractivity contribution in [2.75, 3.05) is 53.5 Å². The Hall–Kier alpha value is -0.246. The van der Waals surface area contributed by atoms with Gasteiger partial charge in [-0.2, -0.15) is 0 Å². The average Bonchev–Trinajstić information content (AvgIpc) is 2.96. The first kappa shape index (κ1) is 40.8. The van der Waals surface area contributed by atoms with Crippen LogP contribution in [0.15, 0.2) is 24.3 Å². The number of nitrogens with zero attached hydrogens (tertiary/aromatic N) is 2. The molecular weight excluding hydrogens is 537 g/mol. The summed E-state index contributed by atoms with van der Waals surface area (Å²) < 4.78 is 13.1. The van der Waals surface area contributed by atoms with E-state index >= 15 is 0 Å². The highest BCUT2D eigenvalue weighted by atomic mass is 28.4. The first-order valence-electron chi connectivity index (χ1n) is 17.6. The van der Waals surface area contributed by atoms with E-state index in [1.165, 1.54) is 116 Å². The third-order valence-corrected chi connectivity index (χ3v) is 11.6. The lowest BCUT2D eigenvalue weighted by Gasteiger charge is -2.27. The minimum Gasteiger partial charge on any atom is -0.394 e. The normalized spacial score (nSPS) is 12.7. The van der Waals surface area contributed by atoms with Gasteiger partial charge in [0.25, 0.3) is 0 Å². The molecule has 0 aromatic carbocycles. The lowest BCUT2D eigenvalue weighted by Crippen LogP contribution is -2.39. The molecule has 0 fully saturated rings. The van der Waals surface area contributed by atoms with Gasteiger partial charge in [-0.25, -0.2) is 0 Å². The summed E-state index contributed by atoms with van der Waals surface area (Å²) >= 11 is 0. The molecule has 0 spiro atoms. The monoisotopic (exact) mass is 609 g/mol. The van der Waals surface area contributed by atoms with Crippen LogP contribution in [-0.2, 0) is 8.85 Å². The van der Waals surface area contributed by atoms with E-state index in [0.29, 0.717) is 0 Å². The molecule has 2 radical (unpaired) electrons. The molecule has 0 aromatic heterocycles. The Morgan fingerprint density at radius 3 is 1.46 bits per heavy atom. The maximum atomic E-state index is 6.54. The van der Waals surface area contributed by atoms with Crippen molar-refractivity contribution in [2.24, 2.45) is 0 Å². The van der Waals surface area contributed by atoms with Crippen LogP contribution in [0.1, 0.15) is 123 Å². The van der Waals surface area contributed by atoms with Crippen LogP contribution in [0.4, 0.5) is 0 Å². The first-order chi connectivity index (χ1) is 20.0. The molecule has 4 nitrogen and oxygen atoms in total. The SMILES string of the molecule is CCCCC/C=C\CCCO[Si](C)(CCCCN(C)CCCN(C)CCCC[Si]C)OCCC/C=C\CCCCC. The fourth-order valence-electron chi connectivity index (χ4n) is 5.01. The second kappa shape index (κ2) is 31.2. The van der Waals surface area contributed by atoms with E-state index in [4.69, 9.17) is 8.85 Å². The molecule has 0 saturated carbocycles. The molecular formula is C35H72N2O2Si2. The third-order valence-electron chi connectivity index (χ3n) is 7.84. The summed E-state index contributed by atoms with van der Waals surface area (Å²) in [5, 5.41) is 0. The van der Waals surface area contributed by atoms with Crippen molar-refractivity contribution < 1.29 is 8.85 Å². The van der Waals surface area contributed by atoms with Crippen LogP contribution < -0.4 is 0 Å². The Morgan fingerprint density at radius 1 is 0.561 bits per heavy atom. The Balaban J connectivity index is 4.32. The van der Waals surface area contributed by atoms with Gasteiger partial charge in [-0.05, 0) is 123 Å². The minimum atomic E-state index is -2.13. The molecule has 0 amide bonds. The Morgan fingerprint density at radius 2 is 1.00 bits per heavy atom. The fraction of sp³-hybridized carbons (Fsp3) is 0.886. The van der Waals surface area contributed by atoms with E-state index in [0.717, 1.165) is 54.5 Å². The van der Waals surface area contributed by atoms with E-state index in [2.05, 4.69) is 75.1 Å². The van der Waals surface area contributed by atoms with Gasteiger partial charge in [-0.3, -0.25) is 0 Å². The second-order valence-corrected chi connectivity index (χ2v) is 16.8. The lowest BCUT2D eigenvalue weighted by atomic mass is 10.2. The number of hydrogen-bond donors (Lipinski definition) is 0. The van der Waals surface area contributed by atoms with Crippen LogP contribution in [0.5, 0.6) is 0 Å². The summed E-state index contributed by atoms with van der Waals surface area (Å²) in [7, 11) is 3.56. The van der Waals surface area contributed by atoms with Crippen LogP contribution in [0.3, 0.4) is 0 Å². The average molecular weight is 609 g/mol. The number of unbranched alkanes of at least 4 members (excludes halogenated alkanes) is 10. The van der Waals surface area contributed by atoms with Crippen LogP contribution >= 0.6 is 0 Å². The van der Waals surface area contributed by atoms with E-state index in [1.807, 2.05) is 0 Å². The van der Waals surface area contributed by atoms with Crippen molar-refractivity contribution in [3.63, 3.8) is 0 Å². The van der Waals surface area contributed by atoms with E-state index in [-0.39, 0.29) is 0 Å². The van der Waals surface area contributed by atoms with Gasteiger partial charge in [0.1, 0.15) is 0 Å². The zero-order valence-corrected chi connectivity index (χ0v) is 30.7. The Bertz CT molecular complexity index is 561. The predicted molar refractivity (Wildman–Crippen MR) is 188 cm³/mol. The van der Waals surface area contributed by atoms with Gasteiger partial charge >= 0.3 is 8.56 Å². The number of hydrogen-bond acceptors (Lipinski definition) is 4. The van der Waals surface area contributed by atoms with Crippen molar-refractivity contribution in [3.05, 3.63) is 24.3 Å². The maximum Gasteiger partial charge on any atom is 0.334 e. The first-order valence-corrected chi connectivity index (χ1v) is 21.8. The summed E-state index contributed by atoms with van der Waals surface area (Å²) in [5.41, 5.74) is 0. The van der Waals surface area contributed by atoms with Crippen molar-refractivity contribution in [3.8, 4) is 0 Å². The largest absolute Gasteiger partial charge is 0.394 e. The molecule has 0 aromatic rings. The highest BCUT2D eigenvalue weighted by molar-refractivity contribution is 6.66. The maximum absolute atomic E-state index is 6.54. The topological polar surface area (TPSA) is 24.9 Å². The van der Waals surface area contributed by atoms with Gasteiger partial charge in [0.15, 0.2) is 0 Å². The van der Waals surface area contributed by atoms with Crippen molar-refractivity contribution >= 4 is 18.1 Å². The molecule has 0 aliphatic rings. The number of rotatable bonds is 32. The zero-order chi connectivity index (χ0) is 30.3. The molecule has 0 unspecified atom stereocenters. The van der Waals surface area contributed by atoms with Gasteiger partial charge in [0, 0.05) is 22.7 Å². The van der Waals surface area contributed by atoms with Crippen LogP contribution in [0, 0.1) is 0 Å². The van der Waals surface area contributed by atoms with E-state index in [1.54, 1.807) is 0 Å². The van der Waals surface area contributed by atoms with E-state index < -0.39 is 8.56 Å². The molecule has 0 bridgehead atoms. The fourth-order valence-corrected chi connectivity index (χ4v) is 8.03. The van der Waals surface area contributed by atoms with Crippen molar-refractivity contribution in [1.82, 2.24) is 9.80 Å². The Labute approximate surface area is 262 Å². The van der Waals surface area contributed by atoms with Gasteiger partial charge in [0.05, 0.1) is 0 Å². The molecule has 242 valence electrons. The third kappa shape index (κ3) is 29.6. The van der Waals surface area contributed by atoms with Crippen LogP contribution in [0.25, 0.3) is 0 Å². The second-order valence-electron chi connectivity index (χ2n) is 12.3. The van der Waals surface area contributed by atoms with E-state index in [9.17, 15) is 0 Å². The molecule has 41 heavy (non-hydrogen) atoms. The van der Waals surface area contributed by atoms with Crippen molar-refractivity contribution in [2.45, 2.75) is 148 Å². The zero-order valence-electron chi connectivity index (χ0n) is 28.7. The number of allylic oxidation sites excluding steroid dienone is 4. The van der Waals surface area contributed by atoms with Gasteiger partial charge in [-0.1, -0.05) is 89.3 Å². The molecule has 0 heterocycles. The summed E-state index contributed by atoms with van der Waals surface area (Å²) in [6.07, 6.45) is 30.7. The predicted octanol–water partition coefficient (Wildman–Crippen LogP) is 9.91. The quantitative estimate of drug-likeness (QED) is 0.0431. The van der Waals surface area contributed by atoms with Gasteiger partial charge in [-0.15, -0.1) is 0 Å². The smallest absolute Gasteiger partial charge is 0.334 e. The molecule has 0 aliphatic heterocycles. The highest BCUT2D eigenvalue weighted by Crippen LogP contribution is 2.19. The summed E-state index contributed by atoms with van der Waals surface area (Å²) in [6.45, 7) is 15.7. The van der Waals surface area contributed by atoms with Gasteiger partial charge < -0.3 is 18.7 Å². The molecule has 6 heteroatoms. The minimum absolute atomic E-state index is 0.839. The van der Waals surface area contributed by atoms with Crippen molar-refractivity contribution in [1.29, 1.82) is 0 Å². The molecule has 0 saturated heterocycles. The molecule has 0 rings (SSSR count). The summed E-state index contributed by atoms with van der Waals surface area (Å²) in [6, 6.07) is 2.52. The lowest BCUT2D eigenvalue weighted by molar-refractivity contribution is 0.169. The Kier molecular flexibility index (Phi) is 31.0. The standard InChI is InChI=1S/C35H72N2O2Si2/c1-7-9-11-13-15-17-19-23-32-38-41(6,39-33-24-20-18-16-14-12-10-8-2)35-26-22-29-37(4)31-27-30-36(3)28-21-25-34-40-5/h15-18H,7-14,19-35H2,1-6H3/b17-15-,18-16-. The molecule has 0 aliphatic carbocycles. The summed E-state index contributed by atoms with van der Waals surface area (Å²) in [4.78, 5) is 5.04. The summed E-state index contributed by atoms with van der Waals surface area (Å²) in [5.74, 6) is 0. The molecule has 0 atom stereocenters. The van der Waals surface area contributed by atoms with Gasteiger partial charge in [0.2, 0.25) is 0 Å².